The number of methoxy groups -OCH3 is 2. The Kier molecular flexibility index (Phi) is 16.0. The maximum atomic E-state index is 6.05. The second kappa shape index (κ2) is 19.7. The predicted octanol–water partition coefficient (Wildman–Crippen LogP) is 4.11. The molecular weight excluding hydrogens is 524 g/mol. The predicted molar refractivity (Wildman–Crippen MR) is 158 cm³/mol. The molecule has 0 heterocycles. The van der Waals surface area contributed by atoms with Crippen LogP contribution in [0.25, 0.3) is 11.1 Å². The van der Waals surface area contributed by atoms with Gasteiger partial charge in [-0.05, 0) is 47.2 Å². The summed E-state index contributed by atoms with van der Waals surface area (Å²) in [6.45, 7) is 7.76. The van der Waals surface area contributed by atoms with Crippen molar-refractivity contribution < 1.29 is 37.9 Å². The smallest absolute Gasteiger partial charge is 0.0701 e. The van der Waals surface area contributed by atoms with E-state index in [4.69, 9.17) is 44.3 Å². The lowest BCUT2D eigenvalue weighted by molar-refractivity contribution is -0.00195. The molecule has 8 nitrogen and oxygen atoms in total. The van der Waals surface area contributed by atoms with E-state index in [-0.39, 0.29) is 5.41 Å². The van der Waals surface area contributed by atoms with Gasteiger partial charge in [0, 0.05) is 38.4 Å². The first-order chi connectivity index (χ1) is 20.3. The fourth-order valence-corrected chi connectivity index (χ4v) is 5.07. The number of hydrogen-bond donors (Lipinski definition) is 0. The Bertz CT molecular complexity index is 1010. The summed E-state index contributed by atoms with van der Waals surface area (Å²) in [6, 6.07) is 14.9. The normalized spacial score (nSPS) is 13.2. The van der Waals surface area contributed by atoms with Crippen LogP contribution in [0.15, 0.2) is 42.5 Å². The standard InChI is InChI=1S/C33H46O8/c1-4-28-9-10-30-29-7-5-6-8-31(29)33(32(30)27-28,11-13-36-19-21-40-25-23-38-17-15-34-2)12-14-37-20-22-41-26-24-39-18-16-35-3/h1,5-10,27H,11-26H2,2-3H3. The number of ether oxygens (including phenoxy) is 8. The highest BCUT2D eigenvalue weighted by Gasteiger charge is 2.42. The fraction of sp³-hybridized carbons (Fsp3) is 0.576. The molecule has 0 saturated carbocycles. The van der Waals surface area contributed by atoms with E-state index in [9.17, 15) is 0 Å². The van der Waals surface area contributed by atoms with Crippen LogP contribution in [-0.2, 0) is 43.3 Å². The molecule has 0 bridgehead atoms. The molecule has 226 valence electrons. The summed E-state index contributed by atoms with van der Waals surface area (Å²) in [6.07, 6.45) is 7.43. The number of rotatable bonds is 24. The van der Waals surface area contributed by atoms with Gasteiger partial charge in [-0.2, -0.15) is 0 Å². The minimum atomic E-state index is -0.259. The molecule has 2 aromatic rings. The molecule has 0 N–H and O–H groups in total. The lowest BCUT2D eigenvalue weighted by Gasteiger charge is -2.32. The Morgan fingerprint density at radius 3 is 1.46 bits per heavy atom. The Labute approximate surface area is 245 Å². The molecule has 1 aliphatic carbocycles. The Hall–Kier alpha value is -2.32. The summed E-state index contributed by atoms with van der Waals surface area (Å²) >= 11 is 0. The van der Waals surface area contributed by atoms with Gasteiger partial charge in [-0.3, -0.25) is 0 Å². The summed E-state index contributed by atoms with van der Waals surface area (Å²) in [5, 5.41) is 0. The van der Waals surface area contributed by atoms with Gasteiger partial charge in [0.25, 0.3) is 0 Å². The lowest BCUT2D eigenvalue weighted by Crippen LogP contribution is -2.30. The van der Waals surface area contributed by atoms with Crippen LogP contribution < -0.4 is 0 Å². The first-order valence-corrected chi connectivity index (χ1v) is 14.4. The summed E-state index contributed by atoms with van der Waals surface area (Å²) in [4.78, 5) is 0. The first-order valence-electron chi connectivity index (χ1n) is 14.4. The van der Waals surface area contributed by atoms with E-state index < -0.39 is 0 Å². The number of terminal acetylenes is 1. The van der Waals surface area contributed by atoms with Crippen LogP contribution in [0, 0.1) is 12.3 Å². The molecule has 41 heavy (non-hydrogen) atoms. The summed E-state index contributed by atoms with van der Waals surface area (Å²) in [5.41, 5.74) is 5.64. The molecule has 0 radical (unpaired) electrons. The van der Waals surface area contributed by atoms with E-state index in [1.807, 2.05) is 6.07 Å². The minimum Gasteiger partial charge on any atom is -0.382 e. The first kappa shape index (κ1) is 33.2. The maximum absolute atomic E-state index is 6.05. The van der Waals surface area contributed by atoms with Crippen LogP contribution in [0.2, 0.25) is 0 Å². The fourth-order valence-electron chi connectivity index (χ4n) is 5.07. The highest BCUT2D eigenvalue weighted by atomic mass is 16.6. The Balaban J connectivity index is 1.54. The van der Waals surface area contributed by atoms with Crippen LogP contribution in [0.5, 0.6) is 0 Å². The summed E-state index contributed by atoms with van der Waals surface area (Å²) in [5.74, 6) is 2.82. The van der Waals surface area contributed by atoms with Crippen molar-refractivity contribution in [3.8, 4) is 23.5 Å². The quantitative estimate of drug-likeness (QED) is 0.138. The highest BCUT2D eigenvalue weighted by Crippen LogP contribution is 2.52. The third kappa shape index (κ3) is 10.5. The zero-order valence-electron chi connectivity index (χ0n) is 24.7. The number of fused-ring (bicyclic) bond motifs is 3. The topological polar surface area (TPSA) is 73.8 Å². The molecule has 0 aromatic heterocycles. The van der Waals surface area contributed by atoms with Crippen molar-refractivity contribution >= 4 is 0 Å². The van der Waals surface area contributed by atoms with Gasteiger partial charge in [0.15, 0.2) is 0 Å². The Morgan fingerprint density at radius 1 is 0.537 bits per heavy atom. The van der Waals surface area contributed by atoms with Crippen LogP contribution >= 0.6 is 0 Å². The second-order valence-electron chi connectivity index (χ2n) is 9.69. The molecule has 0 amide bonds. The van der Waals surface area contributed by atoms with E-state index in [2.05, 4.69) is 42.3 Å². The molecule has 8 heteroatoms. The maximum Gasteiger partial charge on any atom is 0.0701 e. The average molecular weight is 571 g/mol. The van der Waals surface area contributed by atoms with Crippen molar-refractivity contribution in [2.75, 3.05) is 107 Å². The van der Waals surface area contributed by atoms with Crippen molar-refractivity contribution in [1.29, 1.82) is 0 Å². The van der Waals surface area contributed by atoms with Gasteiger partial charge in [0.1, 0.15) is 0 Å². The average Bonchev–Trinajstić information content (AvgIpc) is 3.27. The molecule has 0 spiro atoms. The van der Waals surface area contributed by atoms with Gasteiger partial charge in [-0.15, -0.1) is 6.42 Å². The van der Waals surface area contributed by atoms with Crippen molar-refractivity contribution in [1.82, 2.24) is 0 Å². The van der Waals surface area contributed by atoms with E-state index >= 15 is 0 Å². The van der Waals surface area contributed by atoms with Gasteiger partial charge in [0.2, 0.25) is 0 Å². The monoisotopic (exact) mass is 570 g/mol. The van der Waals surface area contributed by atoms with Gasteiger partial charge >= 0.3 is 0 Å². The van der Waals surface area contributed by atoms with Crippen LogP contribution in [0.4, 0.5) is 0 Å². The summed E-state index contributed by atoms with van der Waals surface area (Å²) in [7, 11) is 3.32. The number of hydrogen-bond acceptors (Lipinski definition) is 8. The molecule has 0 saturated heterocycles. The van der Waals surface area contributed by atoms with Crippen LogP contribution in [-0.4, -0.2) is 107 Å². The van der Waals surface area contributed by atoms with Gasteiger partial charge < -0.3 is 37.9 Å². The van der Waals surface area contributed by atoms with Gasteiger partial charge in [-0.1, -0.05) is 36.3 Å². The molecular formula is C33H46O8. The Morgan fingerprint density at radius 2 is 0.976 bits per heavy atom. The van der Waals surface area contributed by atoms with E-state index in [0.717, 1.165) is 18.4 Å². The van der Waals surface area contributed by atoms with Gasteiger partial charge in [-0.25, -0.2) is 0 Å². The molecule has 2 aromatic carbocycles. The van der Waals surface area contributed by atoms with Crippen molar-refractivity contribution in [2.45, 2.75) is 18.3 Å². The third-order valence-corrected chi connectivity index (χ3v) is 7.13. The molecule has 3 rings (SSSR count). The number of benzene rings is 2. The van der Waals surface area contributed by atoms with Crippen molar-refractivity contribution in [3.05, 3.63) is 59.2 Å². The minimum absolute atomic E-state index is 0.259. The van der Waals surface area contributed by atoms with Crippen LogP contribution in [0.1, 0.15) is 29.5 Å². The summed E-state index contributed by atoms with van der Waals surface area (Å²) < 4.78 is 44.2. The third-order valence-electron chi connectivity index (χ3n) is 7.13. The molecule has 1 aliphatic rings. The van der Waals surface area contributed by atoms with Crippen LogP contribution in [0.3, 0.4) is 0 Å². The van der Waals surface area contributed by atoms with E-state index in [1.54, 1.807) is 14.2 Å². The molecule has 0 atom stereocenters. The highest BCUT2D eigenvalue weighted by molar-refractivity contribution is 5.81. The van der Waals surface area contributed by atoms with E-state index in [1.165, 1.54) is 22.3 Å². The lowest BCUT2D eigenvalue weighted by atomic mass is 9.73. The van der Waals surface area contributed by atoms with E-state index in [0.29, 0.717) is 92.5 Å². The van der Waals surface area contributed by atoms with Crippen molar-refractivity contribution in [3.63, 3.8) is 0 Å². The van der Waals surface area contributed by atoms with Crippen molar-refractivity contribution in [2.24, 2.45) is 0 Å². The SMILES string of the molecule is C#Cc1ccc2c(c1)C(CCOCCOCCOCCOC)(CCOCCOCCOCCOC)c1ccccc1-2. The molecule has 0 fully saturated rings. The van der Waals surface area contributed by atoms with Gasteiger partial charge in [0.05, 0.1) is 79.3 Å². The largest absolute Gasteiger partial charge is 0.382 e. The zero-order valence-corrected chi connectivity index (χ0v) is 24.7. The zero-order chi connectivity index (χ0) is 29.0. The second-order valence-corrected chi connectivity index (χ2v) is 9.69. The molecule has 0 aliphatic heterocycles. The molecule has 0 unspecified atom stereocenters.